The second-order valence-corrected chi connectivity index (χ2v) is 4.85. The summed E-state index contributed by atoms with van der Waals surface area (Å²) in [5, 5.41) is 4.35. The van der Waals surface area contributed by atoms with Gasteiger partial charge in [-0.25, -0.2) is 8.78 Å². The van der Waals surface area contributed by atoms with Crippen LogP contribution in [0.4, 0.5) is 14.7 Å². The average molecular weight is 307 g/mol. The number of nitrogen functional groups attached to an aromatic ring is 1. The Morgan fingerprint density at radius 3 is 2.52 bits per heavy atom. The van der Waals surface area contributed by atoms with Crippen LogP contribution in [0.2, 0.25) is 5.02 Å². The van der Waals surface area contributed by atoms with Crippen LogP contribution < -0.4 is 5.73 Å². The molecule has 0 saturated carbocycles. The molecule has 0 atom stereocenters. The summed E-state index contributed by atoms with van der Waals surface area (Å²) in [6.07, 6.45) is 0. The highest BCUT2D eigenvalue weighted by Crippen LogP contribution is 2.37. The zero-order valence-corrected chi connectivity index (χ0v) is 11.4. The number of rotatable bonds is 2. The quantitative estimate of drug-likeness (QED) is 0.757. The lowest BCUT2D eigenvalue weighted by molar-refractivity contribution is 0.439. The van der Waals surface area contributed by atoms with Crippen molar-refractivity contribution in [3.63, 3.8) is 0 Å². The Kier molecular flexibility index (Phi) is 3.35. The molecule has 0 amide bonds. The molecule has 6 heteroatoms. The number of benzene rings is 2. The first-order valence-electron chi connectivity index (χ1n) is 6.03. The average Bonchev–Trinajstić information content (AvgIpc) is 2.84. The van der Waals surface area contributed by atoms with Crippen LogP contribution in [0.3, 0.4) is 0 Å². The first-order valence-corrected chi connectivity index (χ1v) is 6.40. The Bertz CT molecular complexity index is 817. The van der Waals surface area contributed by atoms with E-state index < -0.39 is 11.6 Å². The van der Waals surface area contributed by atoms with Gasteiger partial charge in [-0.15, -0.1) is 0 Å². The molecule has 0 aliphatic heterocycles. The van der Waals surface area contributed by atoms with Crippen LogP contribution in [-0.2, 0) is 0 Å². The minimum atomic E-state index is -0.967. The molecule has 1 heterocycles. The van der Waals surface area contributed by atoms with Crippen molar-refractivity contribution >= 4 is 17.5 Å². The van der Waals surface area contributed by atoms with Gasteiger partial charge in [-0.2, -0.15) is 0 Å². The van der Waals surface area contributed by atoms with Crippen molar-refractivity contribution in [2.24, 2.45) is 0 Å². The Hall–Kier alpha value is -2.40. The Morgan fingerprint density at radius 2 is 1.81 bits per heavy atom. The molecule has 0 aliphatic rings. The fourth-order valence-corrected chi connectivity index (χ4v) is 2.26. The molecule has 0 radical (unpaired) electrons. The SMILES string of the molecule is Nc1onc(-c2ccc(F)c(F)c2)c1-c1cccc(Cl)c1. The van der Waals surface area contributed by atoms with Crippen molar-refractivity contribution in [2.45, 2.75) is 0 Å². The number of nitrogens with two attached hydrogens (primary N) is 1. The fourth-order valence-electron chi connectivity index (χ4n) is 2.07. The number of anilines is 1. The van der Waals surface area contributed by atoms with E-state index in [-0.39, 0.29) is 5.88 Å². The molecule has 0 bridgehead atoms. The van der Waals surface area contributed by atoms with Crippen molar-refractivity contribution in [1.82, 2.24) is 5.16 Å². The summed E-state index contributed by atoms with van der Waals surface area (Å²) in [6, 6.07) is 10.4. The van der Waals surface area contributed by atoms with Gasteiger partial charge in [-0.1, -0.05) is 28.9 Å². The molecule has 0 fully saturated rings. The highest BCUT2D eigenvalue weighted by Gasteiger charge is 2.18. The van der Waals surface area contributed by atoms with Crippen molar-refractivity contribution in [1.29, 1.82) is 0 Å². The summed E-state index contributed by atoms with van der Waals surface area (Å²) in [5.41, 5.74) is 7.65. The van der Waals surface area contributed by atoms with Gasteiger partial charge in [0.1, 0.15) is 5.69 Å². The number of aromatic nitrogens is 1. The van der Waals surface area contributed by atoms with Crippen LogP contribution in [0, 0.1) is 11.6 Å². The third-order valence-electron chi connectivity index (χ3n) is 3.02. The lowest BCUT2D eigenvalue weighted by Gasteiger charge is -2.04. The van der Waals surface area contributed by atoms with Gasteiger partial charge in [0, 0.05) is 10.6 Å². The predicted molar refractivity (Wildman–Crippen MR) is 76.7 cm³/mol. The van der Waals surface area contributed by atoms with Crippen molar-refractivity contribution < 1.29 is 13.3 Å². The van der Waals surface area contributed by atoms with Gasteiger partial charge < -0.3 is 10.3 Å². The normalized spacial score (nSPS) is 10.8. The second-order valence-electron chi connectivity index (χ2n) is 4.41. The summed E-state index contributed by atoms with van der Waals surface area (Å²) in [5.74, 6) is -1.82. The molecule has 1 aromatic heterocycles. The van der Waals surface area contributed by atoms with Gasteiger partial charge in [0.25, 0.3) is 0 Å². The smallest absolute Gasteiger partial charge is 0.230 e. The third kappa shape index (κ3) is 2.48. The van der Waals surface area contributed by atoms with Gasteiger partial charge in [0.2, 0.25) is 5.88 Å². The molecule has 3 rings (SSSR count). The zero-order valence-electron chi connectivity index (χ0n) is 10.6. The predicted octanol–water partition coefficient (Wildman–Crippen LogP) is 4.52. The molecule has 106 valence electrons. The molecular weight excluding hydrogens is 298 g/mol. The van der Waals surface area contributed by atoms with Crippen LogP contribution >= 0.6 is 11.6 Å². The van der Waals surface area contributed by atoms with E-state index >= 15 is 0 Å². The summed E-state index contributed by atoms with van der Waals surface area (Å²) >= 11 is 5.96. The van der Waals surface area contributed by atoms with E-state index in [1.54, 1.807) is 24.3 Å². The first-order chi connectivity index (χ1) is 10.1. The van der Waals surface area contributed by atoms with Crippen LogP contribution in [0.25, 0.3) is 22.4 Å². The number of halogens is 3. The molecule has 21 heavy (non-hydrogen) atoms. The summed E-state index contributed by atoms with van der Waals surface area (Å²) in [6.45, 7) is 0. The molecule has 3 nitrogen and oxygen atoms in total. The maximum absolute atomic E-state index is 13.4. The van der Waals surface area contributed by atoms with Gasteiger partial charge in [-0.3, -0.25) is 0 Å². The molecule has 0 saturated heterocycles. The Morgan fingerprint density at radius 1 is 1.00 bits per heavy atom. The Labute approximate surface area is 123 Å². The van der Waals surface area contributed by atoms with Crippen LogP contribution in [0.15, 0.2) is 47.0 Å². The fraction of sp³-hybridized carbons (Fsp3) is 0. The highest BCUT2D eigenvalue weighted by atomic mass is 35.5. The molecule has 3 aromatic rings. The van der Waals surface area contributed by atoms with Crippen LogP contribution in [0.5, 0.6) is 0 Å². The summed E-state index contributed by atoms with van der Waals surface area (Å²) in [4.78, 5) is 0. The van der Waals surface area contributed by atoms with Gasteiger partial charge >= 0.3 is 0 Å². The number of hydrogen-bond acceptors (Lipinski definition) is 3. The highest BCUT2D eigenvalue weighted by molar-refractivity contribution is 6.30. The largest absolute Gasteiger partial charge is 0.367 e. The monoisotopic (exact) mass is 306 g/mol. The van der Waals surface area contributed by atoms with Gasteiger partial charge in [0.15, 0.2) is 11.6 Å². The summed E-state index contributed by atoms with van der Waals surface area (Å²) < 4.78 is 31.4. The number of nitrogens with zero attached hydrogens (tertiary/aromatic N) is 1. The van der Waals surface area contributed by atoms with E-state index in [0.717, 1.165) is 12.1 Å². The molecule has 2 N–H and O–H groups in total. The summed E-state index contributed by atoms with van der Waals surface area (Å²) in [7, 11) is 0. The molecule has 0 unspecified atom stereocenters. The molecular formula is C15H9ClF2N2O. The topological polar surface area (TPSA) is 52.0 Å². The number of hydrogen-bond donors (Lipinski definition) is 1. The third-order valence-corrected chi connectivity index (χ3v) is 3.26. The van der Waals surface area contributed by atoms with Crippen molar-refractivity contribution in [3.8, 4) is 22.4 Å². The van der Waals surface area contributed by atoms with E-state index in [2.05, 4.69) is 5.16 Å². The van der Waals surface area contributed by atoms with Crippen LogP contribution in [0.1, 0.15) is 0 Å². The van der Waals surface area contributed by atoms with Gasteiger partial charge in [0.05, 0.1) is 5.56 Å². The lowest BCUT2D eigenvalue weighted by atomic mass is 10.0. The molecule has 0 spiro atoms. The second kappa shape index (κ2) is 5.18. The van der Waals surface area contributed by atoms with E-state index in [0.29, 0.717) is 27.4 Å². The minimum Gasteiger partial charge on any atom is -0.367 e. The van der Waals surface area contributed by atoms with E-state index in [4.69, 9.17) is 21.9 Å². The maximum atomic E-state index is 13.4. The minimum absolute atomic E-state index is 0.0806. The van der Waals surface area contributed by atoms with Crippen LogP contribution in [-0.4, -0.2) is 5.16 Å². The van der Waals surface area contributed by atoms with E-state index in [1.165, 1.54) is 6.07 Å². The van der Waals surface area contributed by atoms with E-state index in [9.17, 15) is 8.78 Å². The maximum Gasteiger partial charge on any atom is 0.230 e. The zero-order chi connectivity index (χ0) is 15.0. The Balaban J connectivity index is 2.19. The standard InChI is InChI=1S/C15H9ClF2N2O/c16-10-3-1-2-8(6-10)13-14(20-21-15(13)19)9-4-5-11(17)12(18)7-9/h1-7H,19H2. The molecule has 0 aliphatic carbocycles. The first kappa shape index (κ1) is 13.6. The lowest BCUT2D eigenvalue weighted by Crippen LogP contribution is -1.90. The van der Waals surface area contributed by atoms with Crippen molar-refractivity contribution in [2.75, 3.05) is 5.73 Å². The van der Waals surface area contributed by atoms with Crippen molar-refractivity contribution in [3.05, 3.63) is 59.1 Å². The molecule has 2 aromatic carbocycles. The van der Waals surface area contributed by atoms with E-state index in [1.807, 2.05) is 0 Å². The van der Waals surface area contributed by atoms with Gasteiger partial charge in [-0.05, 0) is 35.9 Å².